The fourth-order valence-corrected chi connectivity index (χ4v) is 1.89. The van der Waals surface area contributed by atoms with Crippen molar-refractivity contribution in [3.05, 3.63) is 42.6 Å². The zero-order valence-electron chi connectivity index (χ0n) is 9.34. The number of hydrogen-bond acceptors (Lipinski definition) is 3. The van der Waals surface area contributed by atoms with Crippen molar-refractivity contribution >= 4 is 10.9 Å². The summed E-state index contributed by atoms with van der Waals surface area (Å²) in [5.74, 6) is 0.567. The van der Waals surface area contributed by atoms with Crippen LogP contribution in [0.3, 0.4) is 0 Å². The Morgan fingerprint density at radius 2 is 1.94 bits per heavy atom. The molecule has 0 atom stereocenters. The van der Waals surface area contributed by atoms with E-state index in [9.17, 15) is 0 Å². The first-order valence-corrected chi connectivity index (χ1v) is 5.32. The van der Waals surface area contributed by atoms with Crippen molar-refractivity contribution < 1.29 is 4.74 Å². The van der Waals surface area contributed by atoms with Crippen molar-refractivity contribution in [2.45, 2.75) is 0 Å². The highest BCUT2D eigenvalue weighted by molar-refractivity contribution is 5.95. The van der Waals surface area contributed by atoms with E-state index < -0.39 is 0 Å². The predicted octanol–water partition coefficient (Wildman–Crippen LogP) is 2.63. The first-order chi connectivity index (χ1) is 8.40. The summed E-state index contributed by atoms with van der Waals surface area (Å²) in [6, 6.07) is 12.0. The van der Waals surface area contributed by atoms with E-state index in [1.165, 1.54) is 0 Å². The maximum atomic E-state index is 5.19. The molecule has 0 saturated heterocycles. The molecule has 0 spiro atoms. The van der Waals surface area contributed by atoms with Gasteiger partial charge in [0.25, 0.3) is 0 Å². The van der Waals surface area contributed by atoms with Gasteiger partial charge in [-0.2, -0.15) is 5.10 Å². The molecule has 0 saturated carbocycles. The Bertz CT molecular complexity index is 646. The first-order valence-electron chi connectivity index (χ1n) is 5.32. The molecule has 0 amide bonds. The van der Waals surface area contributed by atoms with E-state index in [1.807, 2.05) is 36.4 Å². The number of aromatic amines is 1. The van der Waals surface area contributed by atoms with Crippen LogP contribution in [0.5, 0.6) is 5.88 Å². The summed E-state index contributed by atoms with van der Waals surface area (Å²) in [6.45, 7) is 0. The molecule has 3 aromatic rings. The fraction of sp³-hybridized carbons (Fsp3) is 0.0769. The summed E-state index contributed by atoms with van der Waals surface area (Å²) in [6.07, 6.45) is 1.73. The minimum atomic E-state index is 0.567. The Labute approximate surface area is 98.3 Å². The van der Waals surface area contributed by atoms with Gasteiger partial charge in [-0.1, -0.05) is 30.3 Å². The van der Waals surface area contributed by atoms with Gasteiger partial charge in [0, 0.05) is 17.1 Å². The lowest BCUT2D eigenvalue weighted by Crippen LogP contribution is -1.87. The average molecular weight is 225 g/mol. The van der Waals surface area contributed by atoms with Crippen LogP contribution in [0.4, 0.5) is 0 Å². The van der Waals surface area contributed by atoms with Crippen molar-refractivity contribution in [2.24, 2.45) is 0 Å². The van der Waals surface area contributed by atoms with Crippen molar-refractivity contribution in [1.29, 1.82) is 0 Å². The average Bonchev–Trinajstić information content (AvgIpc) is 2.83. The normalized spacial score (nSPS) is 10.6. The maximum absolute atomic E-state index is 5.19. The standard InChI is InChI=1S/C13H11N3O/c1-17-13-12-10(7-8-14-13)11(15-16-12)9-5-3-2-4-6-9/h2-8H,1H3,(H,15,16). The lowest BCUT2D eigenvalue weighted by Gasteiger charge is -1.99. The molecule has 1 aromatic carbocycles. The highest BCUT2D eigenvalue weighted by Crippen LogP contribution is 2.29. The van der Waals surface area contributed by atoms with Crippen LogP contribution >= 0.6 is 0 Å². The number of fused-ring (bicyclic) bond motifs is 1. The third kappa shape index (κ3) is 1.54. The Hall–Kier alpha value is -2.36. The summed E-state index contributed by atoms with van der Waals surface area (Å²) in [4.78, 5) is 4.14. The van der Waals surface area contributed by atoms with Crippen LogP contribution < -0.4 is 4.74 Å². The molecule has 2 heterocycles. The maximum Gasteiger partial charge on any atom is 0.239 e. The minimum Gasteiger partial charge on any atom is -0.479 e. The van der Waals surface area contributed by atoms with Crippen molar-refractivity contribution in [3.8, 4) is 17.1 Å². The molecular weight excluding hydrogens is 214 g/mol. The van der Waals surface area contributed by atoms with E-state index >= 15 is 0 Å². The van der Waals surface area contributed by atoms with Gasteiger partial charge in [-0.05, 0) is 6.07 Å². The van der Waals surface area contributed by atoms with Crippen LogP contribution in [-0.2, 0) is 0 Å². The van der Waals surface area contributed by atoms with Crippen molar-refractivity contribution in [2.75, 3.05) is 7.11 Å². The van der Waals surface area contributed by atoms with E-state index in [0.29, 0.717) is 5.88 Å². The van der Waals surface area contributed by atoms with Gasteiger partial charge >= 0.3 is 0 Å². The molecule has 17 heavy (non-hydrogen) atoms. The van der Waals surface area contributed by atoms with E-state index in [-0.39, 0.29) is 0 Å². The molecule has 0 radical (unpaired) electrons. The number of ether oxygens (including phenoxy) is 1. The first kappa shape index (κ1) is 9.84. The molecule has 0 bridgehead atoms. The zero-order valence-corrected chi connectivity index (χ0v) is 9.34. The third-order valence-electron chi connectivity index (χ3n) is 2.69. The van der Waals surface area contributed by atoms with E-state index in [2.05, 4.69) is 15.2 Å². The zero-order chi connectivity index (χ0) is 11.7. The largest absolute Gasteiger partial charge is 0.479 e. The van der Waals surface area contributed by atoms with Crippen molar-refractivity contribution in [1.82, 2.24) is 15.2 Å². The number of rotatable bonds is 2. The van der Waals surface area contributed by atoms with Gasteiger partial charge < -0.3 is 4.74 Å². The van der Waals surface area contributed by atoms with Crippen molar-refractivity contribution in [3.63, 3.8) is 0 Å². The topological polar surface area (TPSA) is 50.8 Å². The van der Waals surface area contributed by atoms with Crippen LogP contribution in [0.1, 0.15) is 0 Å². The van der Waals surface area contributed by atoms with Crippen LogP contribution in [-0.4, -0.2) is 22.3 Å². The van der Waals surface area contributed by atoms with E-state index in [0.717, 1.165) is 22.2 Å². The molecule has 0 aliphatic heterocycles. The number of H-pyrrole nitrogens is 1. The molecule has 84 valence electrons. The second-order valence-electron chi connectivity index (χ2n) is 3.68. The lowest BCUT2D eigenvalue weighted by atomic mass is 10.1. The molecule has 2 aromatic heterocycles. The smallest absolute Gasteiger partial charge is 0.239 e. The summed E-state index contributed by atoms with van der Waals surface area (Å²) < 4.78 is 5.19. The van der Waals surface area contributed by atoms with E-state index in [4.69, 9.17) is 4.74 Å². The number of methoxy groups -OCH3 is 1. The summed E-state index contributed by atoms with van der Waals surface area (Å²) in [5.41, 5.74) is 2.82. The molecule has 0 aliphatic carbocycles. The second kappa shape index (κ2) is 3.90. The van der Waals surface area contributed by atoms with Crippen LogP contribution in [0, 0.1) is 0 Å². The number of hydrogen-bond donors (Lipinski definition) is 1. The Balaban J connectivity index is 2.26. The van der Waals surface area contributed by atoms with Gasteiger partial charge in [-0.3, -0.25) is 5.10 Å². The monoisotopic (exact) mass is 225 g/mol. The Morgan fingerprint density at radius 3 is 2.71 bits per heavy atom. The molecule has 3 rings (SSSR count). The highest BCUT2D eigenvalue weighted by atomic mass is 16.5. The van der Waals surface area contributed by atoms with Gasteiger partial charge in [0.2, 0.25) is 5.88 Å². The number of pyridine rings is 1. The molecule has 4 nitrogen and oxygen atoms in total. The molecule has 1 N–H and O–H groups in total. The van der Waals surface area contributed by atoms with Crippen LogP contribution in [0.15, 0.2) is 42.6 Å². The SMILES string of the molecule is COc1nccc2c(-c3ccccc3)n[nH]c12. The summed E-state index contributed by atoms with van der Waals surface area (Å²) >= 11 is 0. The summed E-state index contributed by atoms with van der Waals surface area (Å²) in [5, 5.41) is 8.31. The van der Waals surface area contributed by atoms with Gasteiger partial charge in [-0.25, -0.2) is 4.98 Å². The number of nitrogens with one attached hydrogen (secondary N) is 1. The van der Waals surface area contributed by atoms with E-state index in [1.54, 1.807) is 13.3 Å². The minimum absolute atomic E-state index is 0.567. The van der Waals surface area contributed by atoms with Crippen LogP contribution in [0.2, 0.25) is 0 Å². The number of aromatic nitrogens is 3. The third-order valence-corrected chi connectivity index (χ3v) is 2.69. The van der Waals surface area contributed by atoms with Gasteiger partial charge in [0.15, 0.2) is 0 Å². The second-order valence-corrected chi connectivity index (χ2v) is 3.68. The number of benzene rings is 1. The molecule has 0 aliphatic rings. The fourth-order valence-electron chi connectivity index (χ4n) is 1.89. The van der Waals surface area contributed by atoms with Gasteiger partial charge in [0.05, 0.1) is 7.11 Å². The Morgan fingerprint density at radius 1 is 1.12 bits per heavy atom. The highest BCUT2D eigenvalue weighted by Gasteiger charge is 2.11. The molecular formula is C13H11N3O. The van der Waals surface area contributed by atoms with Gasteiger partial charge in [0.1, 0.15) is 11.2 Å². The van der Waals surface area contributed by atoms with Gasteiger partial charge in [-0.15, -0.1) is 0 Å². The number of nitrogens with zero attached hydrogens (tertiary/aromatic N) is 2. The predicted molar refractivity (Wildman–Crippen MR) is 65.9 cm³/mol. The molecule has 0 fully saturated rings. The van der Waals surface area contributed by atoms with Crippen LogP contribution in [0.25, 0.3) is 22.2 Å². The molecule has 0 unspecified atom stereocenters. The molecule has 4 heteroatoms. The lowest BCUT2D eigenvalue weighted by molar-refractivity contribution is 0.402. The Kier molecular flexibility index (Phi) is 2.26. The quantitative estimate of drug-likeness (QED) is 0.729. The summed E-state index contributed by atoms with van der Waals surface area (Å²) in [7, 11) is 1.60.